The Morgan fingerprint density at radius 2 is 2.10 bits per heavy atom. The van der Waals surface area contributed by atoms with Crippen LogP contribution in [0.25, 0.3) is 0 Å². The molecular weight excluding hydrogens is 284 g/mol. The Morgan fingerprint density at radius 3 is 2.76 bits per heavy atom. The van der Waals surface area contributed by atoms with Gasteiger partial charge in [0.25, 0.3) is 5.91 Å². The van der Waals surface area contributed by atoms with Crippen molar-refractivity contribution in [3.05, 3.63) is 27.8 Å². The number of hydrogen-bond acceptors (Lipinski definition) is 4. The van der Waals surface area contributed by atoms with Crippen molar-refractivity contribution in [3.63, 3.8) is 0 Å². The van der Waals surface area contributed by atoms with Gasteiger partial charge >= 0.3 is 0 Å². The number of nitrogens with zero attached hydrogens (tertiary/aromatic N) is 3. The van der Waals surface area contributed by atoms with E-state index in [9.17, 15) is 4.79 Å². The first-order valence-corrected chi connectivity index (χ1v) is 8.25. The molecule has 5 nitrogen and oxygen atoms in total. The van der Waals surface area contributed by atoms with Crippen LogP contribution in [0.2, 0.25) is 0 Å². The quantitative estimate of drug-likeness (QED) is 0.940. The van der Waals surface area contributed by atoms with Gasteiger partial charge in [-0.3, -0.25) is 4.79 Å². The van der Waals surface area contributed by atoms with Crippen molar-refractivity contribution in [3.8, 4) is 0 Å². The molecule has 0 radical (unpaired) electrons. The predicted octanol–water partition coefficient (Wildman–Crippen LogP) is 3.71. The number of rotatable bonds is 3. The highest BCUT2D eigenvalue weighted by molar-refractivity contribution is 7.13. The van der Waals surface area contributed by atoms with Crippen LogP contribution in [0.1, 0.15) is 58.5 Å². The summed E-state index contributed by atoms with van der Waals surface area (Å²) in [5.41, 5.74) is 0.790. The SMILES string of the molecule is Cc1nc(C)c(C(=O)Nc2ccnn2C2CCCCC2)s1. The average molecular weight is 304 g/mol. The van der Waals surface area contributed by atoms with E-state index in [1.54, 1.807) is 6.20 Å². The van der Waals surface area contributed by atoms with Crippen LogP contribution in [0.4, 0.5) is 5.82 Å². The maximum atomic E-state index is 12.4. The van der Waals surface area contributed by atoms with Crippen LogP contribution in [0.3, 0.4) is 0 Å². The summed E-state index contributed by atoms with van der Waals surface area (Å²) in [6.07, 6.45) is 7.83. The summed E-state index contributed by atoms with van der Waals surface area (Å²) >= 11 is 1.43. The van der Waals surface area contributed by atoms with Gasteiger partial charge in [-0.1, -0.05) is 19.3 Å². The Hall–Kier alpha value is -1.69. The van der Waals surface area contributed by atoms with E-state index in [2.05, 4.69) is 15.4 Å². The molecule has 0 saturated heterocycles. The standard InChI is InChI=1S/C15H20N4OS/c1-10-14(21-11(2)17-10)15(20)18-13-8-9-16-19(13)12-6-4-3-5-7-12/h8-9,12H,3-7H2,1-2H3,(H,18,20). The minimum Gasteiger partial charge on any atom is -0.306 e. The Labute approximate surface area is 128 Å². The van der Waals surface area contributed by atoms with E-state index < -0.39 is 0 Å². The van der Waals surface area contributed by atoms with Crippen molar-refractivity contribution in [1.82, 2.24) is 14.8 Å². The summed E-state index contributed by atoms with van der Waals surface area (Å²) in [6.45, 7) is 3.79. The fourth-order valence-electron chi connectivity index (χ4n) is 2.94. The van der Waals surface area contributed by atoms with Gasteiger partial charge in [-0.2, -0.15) is 5.10 Å². The highest BCUT2D eigenvalue weighted by Crippen LogP contribution is 2.30. The molecule has 2 heterocycles. The summed E-state index contributed by atoms with van der Waals surface area (Å²) in [6, 6.07) is 2.28. The Balaban J connectivity index is 1.77. The van der Waals surface area contributed by atoms with Gasteiger partial charge in [0, 0.05) is 6.07 Å². The first-order chi connectivity index (χ1) is 10.1. The van der Waals surface area contributed by atoms with Crippen LogP contribution in [0.15, 0.2) is 12.3 Å². The first-order valence-electron chi connectivity index (χ1n) is 7.44. The third kappa shape index (κ3) is 3.00. The highest BCUT2D eigenvalue weighted by Gasteiger charge is 2.20. The molecular formula is C15H20N4OS. The van der Waals surface area contributed by atoms with E-state index in [1.165, 1.54) is 30.6 Å². The summed E-state index contributed by atoms with van der Waals surface area (Å²) in [5.74, 6) is 0.702. The summed E-state index contributed by atoms with van der Waals surface area (Å²) < 4.78 is 1.97. The van der Waals surface area contributed by atoms with Gasteiger partial charge in [0.1, 0.15) is 10.7 Å². The molecule has 0 atom stereocenters. The van der Waals surface area contributed by atoms with Gasteiger partial charge in [0.2, 0.25) is 0 Å². The molecule has 21 heavy (non-hydrogen) atoms. The number of nitrogens with one attached hydrogen (secondary N) is 1. The smallest absolute Gasteiger partial charge is 0.268 e. The van der Waals surface area contributed by atoms with Crippen molar-refractivity contribution in [2.45, 2.75) is 52.0 Å². The second-order valence-electron chi connectivity index (χ2n) is 5.55. The van der Waals surface area contributed by atoms with Crippen LogP contribution in [0, 0.1) is 13.8 Å². The lowest BCUT2D eigenvalue weighted by Crippen LogP contribution is -2.20. The molecule has 0 unspecified atom stereocenters. The molecule has 3 rings (SSSR count). The van der Waals surface area contributed by atoms with Gasteiger partial charge < -0.3 is 5.32 Å². The molecule has 0 aliphatic heterocycles. The lowest BCUT2D eigenvalue weighted by molar-refractivity contribution is 0.102. The zero-order chi connectivity index (χ0) is 14.8. The summed E-state index contributed by atoms with van der Waals surface area (Å²) in [4.78, 5) is 17.4. The molecule has 1 saturated carbocycles. The van der Waals surface area contributed by atoms with Crippen molar-refractivity contribution in [2.75, 3.05) is 5.32 Å². The first kappa shape index (κ1) is 14.3. The number of carbonyl (C=O) groups excluding carboxylic acids is 1. The number of aromatic nitrogens is 3. The minimum atomic E-state index is -0.0874. The normalized spacial score (nSPS) is 16.1. The van der Waals surface area contributed by atoms with Crippen molar-refractivity contribution in [1.29, 1.82) is 0 Å². The zero-order valence-electron chi connectivity index (χ0n) is 12.4. The molecule has 1 amide bonds. The molecule has 1 aliphatic carbocycles. The minimum absolute atomic E-state index is 0.0874. The zero-order valence-corrected chi connectivity index (χ0v) is 13.2. The molecule has 2 aromatic rings. The third-order valence-corrected chi connectivity index (χ3v) is 5.01. The molecule has 2 aromatic heterocycles. The van der Waals surface area contributed by atoms with Crippen LogP contribution >= 0.6 is 11.3 Å². The van der Waals surface area contributed by atoms with Crippen LogP contribution < -0.4 is 5.32 Å². The van der Waals surface area contributed by atoms with E-state index in [0.717, 1.165) is 29.4 Å². The monoisotopic (exact) mass is 304 g/mol. The van der Waals surface area contributed by atoms with Crippen molar-refractivity contribution < 1.29 is 4.79 Å². The fourth-order valence-corrected chi connectivity index (χ4v) is 3.76. The Morgan fingerprint density at radius 1 is 1.33 bits per heavy atom. The Kier molecular flexibility index (Phi) is 4.05. The number of hydrogen-bond donors (Lipinski definition) is 1. The van der Waals surface area contributed by atoms with Gasteiger partial charge in [-0.05, 0) is 26.7 Å². The van der Waals surface area contributed by atoms with E-state index in [1.807, 2.05) is 24.6 Å². The maximum absolute atomic E-state index is 12.4. The largest absolute Gasteiger partial charge is 0.306 e. The summed E-state index contributed by atoms with van der Waals surface area (Å²) in [7, 11) is 0. The van der Waals surface area contributed by atoms with Crippen LogP contribution in [-0.2, 0) is 0 Å². The second kappa shape index (κ2) is 5.97. The third-order valence-electron chi connectivity index (χ3n) is 3.94. The molecule has 1 fully saturated rings. The lowest BCUT2D eigenvalue weighted by atomic mass is 9.96. The van der Waals surface area contributed by atoms with E-state index >= 15 is 0 Å². The maximum Gasteiger partial charge on any atom is 0.268 e. The molecule has 112 valence electrons. The second-order valence-corrected chi connectivity index (χ2v) is 6.76. The van der Waals surface area contributed by atoms with Gasteiger partial charge in [-0.25, -0.2) is 9.67 Å². The predicted molar refractivity (Wildman–Crippen MR) is 83.9 cm³/mol. The molecule has 1 aliphatic rings. The molecule has 6 heteroatoms. The van der Waals surface area contributed by atoms with E-state index in [0.29, 0.717) is 10.9 Å². The number of thiazole rings is 1. The van der Waals surface area contributed by atoms with Crippen molar-refractivity contribution >= 4 is 23.1 Å². The van der Waals surface area contributed by atoms with Gasteiger partial charge in [-0.15, -0.1) is 11.3 Å². The molecule has 1 N–H and O–H groups in total. The number of anilines is 1. The van der Waals surface area contributed by atoms with E-state index in [-0.39, 0.29) is 5.91 Å². The van der Waals surface area contributed by atoms with Gasteiger partial charge in [0.05, 0.1) is 22.9 Å². The molecule has 0 spiro atoms. The molecule has 0 bridgehead atoms. The van der Waals surface area contributed by atoms with Crippen molar-refractivity contribution in [2.24, 2.45) is 0 Å². The number of aryl methyl sites for hydroxylation is 2. The van der Waals surface area contributed by atoms with Crippen LogP contribution in [-0.4, -0.2) is 20.7 Å². The van der Waals surface area contributed by atoms with Gasteiger partial charge in [0.15, 0.2) is 0 Å². The van der Waals surface area contributed by atoms with E-state index in [4.69, 9.17) is 0 Å². The average Bonchev–Trinajstić information content (AvgIpc) is 3.06. The highest BCUT2D eigenvalue weighted by atomic mass is 32.1. The lowest BCUT2D eigenvalue weighted by Gasteiger charge is -2.23. The summed E-state index contributed by atoms with van der Waals surface area (Å²) in [5, 5.41) is 8.31. The number of carbonyl (C=O) groups is 1. The molecule has 0 aromatic carbocycles. The fraction of sp³-hybridized carbons (Fsp3) is 0.533. The Bertz CT molecular complexity index is 640. The topological polar surface area (TPSA) is 59.8 Å². The van der Waals surface area contributed by atoms with Crippen LogP contribution in [0.5, 0.6) is 0 Å². The number of amides is 1.